The second-order valence-corrected chi connectivity index (χ2v) is 14.3. The number of rotatable bonds is 10. The minimum Gasteiger partial charge on any atom is -0.355 e. The SMILES string of the molecule is CCC1C2CC3(CC2N1CC[C@H](NC(=O)C1CCC(F)(F)CC1)c1ccccc1)CN(CC1COCOC1)C(=O)N3C(C)C. The molecule has 2 saturated carbocycles. The fourth-order valence-electron chi connectivity index (χ4n) is 9.14. The number of nitrogens with zero attached hydrogens (tertiary/aromatic N) is 3. The summed E-state index contributed by atoms with van der Waals surface area (Å²) in [5.41, 5.74) is 0.878. The van der Waals surface area contributed by atoms with Crippen molar-refractivity contribution in [3.8, 4) is 0 Å². The summed E-state index contributed by atoms with van der Waals surface area (Å²) in [6.45, 7) is 10.4. The van der Waals surface area contributed by atoms with Crippen molar-refractivity contribution in [3.05, 3.63) is 35.9 Å². The van der Waals surface area contributed by atoms with E-state index in [1.165, 1.54) is 0 Å². The highest BCUT2D eigenvalue weighted by Crippen LogP contribution is 2.54. The first kappa shape index (κ1) is 31.7. The van der Waals surface area contributed by atoms with Crippen molar-refractivity contribution in [2.45, 2.75) is 108 Å². The first-order valence-corrected chi connectivity index (χ1v) is 16.8. The van der Waals surface area contributed by atoms with Crippen LogP contribution in [0.4, 0.5) is 13.6 Å². The van der Waals surface area contributed by atoms with Crippen molar-refractivity contribution in [2.75, 3.05) is 39.6 Å². The Morgan fingerprint density at radius 1 is 1.09 bits per heavy atom. The Kier molecular flexibility index (Phi) is 9.24. The quantitative estimate of drug-likeness (QED) is 0.379. The van der Waals surface area contributed by atoms with Gasteiger partial charge < -0.3 is 24.6 Å². The minimum atomic E-state index is -2.65. The zero-order valence-electron chi connectivity index (χ0n) is 26.6. The topological polar surface area (TPSA) is 74.4 Å². The van der Waals surface area contributed by atoms with Crippen molar-refractivity contribution in [3.63, 3.8) is 0 Å². The number of carbonyl (C=O) groups excluding carboxylic acids is 2. The van der Waals surface area contributed by atoms with Gasteiger partial charge in [-0.2, -0.15) is 0 Å². The van der Waals surface area contributed by atoms with Crippen LogP contribution >= 0.6 is 0 Å². The highest BCUT2D eigenvalue weighted by atomic mass is 19.3. The van der Waals surface area contributed by atoms with Gasteiger partial charge in [0.1, 0.15) is 6.79 Å². The van der Waals surface area contributed by atoms with Gasteiger partial charge in [-0.25, -0.2) is 13.6 Å². The summed E-state index contributed by atoms with van der Waals surface area (Å²) in [7, 11) is 0. The van der Waals surface area contributed by atoms with Crippen molar-refractivity contribution >= 4 is 11.9 Å². The molecule has 1 N–H and O–H groups in total. The molecule has 3 aliphatic heterocycles. The van der Waals surface area contributed by atoms with E-state index in [2.05, 4.69) is 35.9 Å². The molecule has 6 rings (SSSR count). The maximum Gasteiger partial charge on any atom is 0.320 e. The molecule has 0 bridgehead atoms. The molecule has 3 saturated heterocycles. The molecule has 1 aromatic carbocycles. The number of ether oxygens (including phenoxy) is 2. The molecule has 3 heterocycles. The van der Waals surface area contributed by atoms with Crippen molar-refractivity contribution < 1.29 is 27.8 Å². The molecule has 5 atom stereocenters. The van der Waals surface area contributed by atoms with Crippen molar-refractivity contribution in [2.24, 2.45) is 17.8 Å². The predicted molar refractivity (Wildman–Crippen MR) is 163 cm³/mol. The van der Waals surface area contributed by atoms with Crippen LogP contribution < -0.4 is 5.32 Å². The Hall–Kier alpha value is -2.30. The Balaban J connectivity index is 1.13. The lowest BCUT2D eigenvalue weighted by Gasteiger charge is -2.53. The van der Waals surface area contributed by atoms with Gasteiger partial charge in [-0.05, 0) is 63.9 Å². The number of hydrogen-bond donors (Lipinski definition) is 1. The average Bonchev–Trinajstić information content (AvgIpc) is 3.46. The van der Waals surface area contributed by atoms with E-state index in [9.17, 15) is 18.4 Å². The summed E-state index contributed by atoms with van der Waals surface area (Å²) in [6, 6.07) is 11.0. The van der Waals surface area contributed by atoms with Gasteiger partial charge in [-0.15, -0.1) is 0 Å². The van der Waals surface area contributed by atoms with Crippen molar-refractivity contribution in [1.82, 2.24) is 20.0 Å². The molecule has 10 heteroatoms. The fourth-order valence-corrected chi connectivity index (χ4v) is 9.14. The lowest BCUT2D eigenvalue weighted by atomic mass is 9.80. The van der Waals surface area contributed by atoms with E-state index < -0.39 is 5.92 Å². The van der Waals surface area contributed by atoms with E-state index in [4.69, 9.17) is 9.47 Å². The first-order chi connectivity index (χ1) is 21.1. The number of halogens is 2. The molecule has 1 aromatic rings. The maximum atomic E-state index is 13.8. The number of urea groups is 1. The molecule has 1 spiro atoms. The number of alkyl halides is 2. The number of likely N-dealkylation sites (tertiary alicyclic amines) is 1. The van der Waals surface area contributed by atoms with E-state index in [0.717, 1.165) is 44.3 Å². The van der Waals surface area contributed by atoms with Crippen LogP contribution in [0, 0.1) is 17.8 Å². The third-order valence-electron chi connectivity index (χ3n) is 11.1. The van der Waals surface area contributed by atoms with Crippen LogP contribution in [-0.2, 0) is 14.3 Å². The van der Waals surface area contributed by atoms with Gasteiger partial charge in [0.05, 0.1) is 24.8 Å². The summed E-state index contributed by atoms with van der Waals surface area (Å²) in [6.07, 6.45) is 3.83. The van der Waals surface area contributed by atoms with Crippen LogP contribution in [0.3, 0.4) is 0 Å². The number of amides is 3. The van der Waals surface area contributed by atoms with Gasteiger partial charge in [0.15, 0.2) is 0 Å². The van der Waals surface area contributed by atoms with Gasteiger partial charge in [0, 0.05) is 62.4 Å². The fraction of sp³-hybridized carbons (Fsp3) is 0.765. The molecule has 2 aliphatic carbocycles. The molecular weight excluding hydrogens is 566 g/mol. The molecule has 0 aromatic heterocycles. The van der Waals surface area contributed by atoms with Gasteiger partial charge in [0.25, 0.3) is 0 Å². The maximum absolute atomic E-state index is 13.8. The lowest BCUT2D eigenvalue weighted by Crippen LogP contribution is -2.61. The summed E-state index contributed by atoms with van der Waals surface area (Å²) in [5.74, 6) is -2.37. The minimum absolute atomic E-state index is 0.103. The number of hydrogen-bond acceptors (Lipinski definition) is 5. The first-order valence-electron chi connectivity index (χ1n) is 16.8. The van der Waals surface area contributed by atoms with Crippen LogP contribution in [0.15, 0.2) is 30.3 Å². The number of carbonyl (C=O) groups is 2. The molecular formula is C34H50F2N4O4. The van der Waals surface area contributed by atoms with E-state index in [-0.39, 0.29) is 67.1 Å². The zero-order valence-corrected chi connectivity index (χ0v) is 26.6. The molecule has 244 valence electrons. The summed E-state index contributed by atoms with van der Waals surface area (Å²) in [4.78, 5) is 33.9. The van der Waals surface area contributed by atoms with Crippen LogP contribution in [0.25, 0.3) is 0 Å². The molecule has 44 heavy (non-hydrogen) atoms. The Morgan fingerprint density at radius 3 is 2.45 bits per heavy atom. The Bertz CT molecular complexity index is 1160. The molecule has 4 unspecified atom stereocenters. The van der Waals surface area contributed by atoms with Crippen LogP contribution in [0.5, 0.6) is 0 Å². The number of nitrogens with one attached hydrogen (secondary N) is 1. The van der Waals surface area contributed by atoms with E-state index in [1.807, 2.05) is 35.2 Å². The summed E-state index contributed by atoms with van der Waals surface area (Å²) >= 11 is 0. The predicted octanol–water partition coefficient (Wildman–Crippen LogP) is 5.44. The van der Waals surface area contributed by atoms with Crippen molar-refractivity contribution in [1.29, 1.82) is 0 Å². The standard InChI is InChI=1S/C34H50F2N4O4/c1-4-29-27-16-33(21-38(32(42)40(33)23(2)3)18-24-19-43-22-44-20-24)17-30(27)39(29)15-12-28(25-8-6-5-7-9-25)37-31(41)26-10-13-34(35,36)14-11-26/h5-9,23-24,26-30H,4,10-22H2,1-3H3,(H,37,41)/t27?,28-,29?,30?,33?/m0/s1. The van der Waals surface area contributed by atoms with Crippen LogP contribution in [0.1, 0.15) is 83.7 Å². The second kappa shape index (κ2) is 12.8. The Labute approximate surface area is 260 Å². The van der Waals surface area contributed by atoms with Crippen LogP contribution in [0.2, 0.25) is 0 Å². The highest BCUT2D eigenvalue weighted by Gasteiger charge is 2.63. The van der Waals surface area contributed by atoms with Gasteiger partial charge in [-0.3, -0.25) is 9.69 Å². The molecule has 5 fully saturated rings. The molecule has 8 nitrogen and oxygen atoms in total. The second-order valence-electron chi connectivity index (χ2n) is 14.3. The normalized spacial score (nSPS) is 31.9. The summed E-state index contributed by atoms with van der Waals surface area (Å²) in [5, 5.41) is 3.26. The van der Waals surface area contributed by atoms with Gasteiger partial charge in [0.2, 0.25) is 11.8 Å². The van der Waals surface area contributed by atoms with E-state index in [0.29, 0.717) is 44.6 Å². The summed E-state index contributed by atoms with van der Waals surface area (Å²) < 4.78 is 38.5. The number of benzene rings is 1. The number of fused-ring (bicyclic) bond motifs is 1. The van der Waals surface area contributed by atoms with Gasteiger partial charge >= 0.3 is 6.03 Å². The monoisotopic (exact) mass is 616 g/mol. The Morgan fingerprint density at radius 2 is 1.80 bits per heavy atom. The third-order valence-corrected chi connectivity index (χ3v) is 11.1. The largest absolute Gasteiger partial charge is 0.355 e. The lowest BCUT2D eigenvalue weighted by molar-refractivity contribution is -0.130. The average molecular weight is 617 g/mol. The van der Waals surface area contributed by atoms with E-state index in [1.54, 1.807) is 0 Å². The van der Waals surface area contributed by atoms with E-state index >= 15 is 0 Å². The molecule has 3 amide bonds. The third kappa shape index (κ3) is 6.23. The molecule has 0 radical (unpaired) electrons. The molecule has 5 aliphatic rings. The smallest absolute Gasteiger partial charge is 0.320 e. The zero-order chi connectivity index (χ0) is 31.1. The van der Waals surface area contributed by atoms with Crippen LogP contribution in [-0.4, -0.2) is 95.9 Å². The van der Waals surface area contributed by atoms with Gasteiger partial charge in [-0.1, -0.05) is 37.3 Å². The highest BCUT2D eigenvalue weighted by molar-refractivity contribution is 5.79.